The first kappa shape index (κ1) is 20.2. The number of hydrogen-bond acceptors (Lipinski definition) is 7. The summed E-state index contributed by atoms with van der Waals surface area (Å²) < 4.78 is 15.2. The Bertz CT molecular complexity index is 1140. The molecular weight excluding hydrogens is 390 g/mol. The van der Waals surface area contributed by atoms with Gasteiger partial charge in [-0.05, 0) is 12.1 Å². The van der Waals surface area contributed by atoms with Crippen molar-refractivity contribution < 1.29 is 14.6 Å². The maximum atomic E-state index is 12.9. The van der Waals surface area contributed by atoms with Crippen LogP contribution in [0.5, 0.6) is 5.75 Å². The third-order valence-corrected chi connectivity index (χ3v) is 5.20. The highest BCUT2D eigenvalue weighted by molar-refractivity contribution is 5.74. The van der Waals surface area contributed by atoms with Crippen LogP contribution in [0.15, 0.2) is 39.9 Å². The molecule has 4 rings (SSSR count). The number of ether oxygens (including phenoxy) is 2. The molecule has 0 amide bonds. The Morgan fingerprint density at radius 2 is 1.83 bits per heavy atom. The molecule has 0 saturated carbocycles. The lowest BCUT2D eigenvalue weighted by atomic mass is 10.3. The molecule has 3 heterocycles. The molecule has 1 saturated heterocycles. The third kappa shape index (κ3) is 3.71. The van der Waals surface area contributed by atoms with Gasteiger partial charge in [0.15, 0.2) is 11.2 Å². The minimum Gasteiger partial charge on any atom is -0.491 e. The second-order valence-electron chi connectivity index (χ2n) is 7.28. The molecule has 160 valence electrons. The zero-order valence-electron chi connectivity index (χ0n) is 17.0. The number of aromatic nitrogens is 4. The van der Waals surface area contributed by atoms with Gasteiger partial charge in [-0.25, -0.2) is 4.79 Å². The second-order valence-corrected chi connectivity index (χ2v) is 7.28. The van der Waals surface area contributed by atoms with Crippen LogP contribution in [0.25, 0.3) is 11.2 Å². The van der Waals surface area contributed by atoms with E-state index >= 15 is 0 Å². The van der Waals surface area contributed by atoms with Crippen molar-refractivity contribution in [2.75, 3.05) is 37.8 Å². The maximum absolute atomic E-state index is 12.9. The van der Waals surface area contributed by atoms with Crippen molar-refractivity contribution in [3.8, 4) is 5.75 Å². The number of rotatable bonds is 6. The number of fused-ring (bicyclic) bond motifs is 1. The average molecular weight is 415 g/mol. The fourth-order valence-electron chi connectivity index (χ4n) is 3.59. The van der Waals surface area contributed by atoms with E-state index in [9.17, 15) is 14.7 Å². The van der Waals surface area contributed by atoms with Gasteiger partial charge < -0.3 is 24.0 Å². The minimum atomic E-state index is -0.885. The number of anilines is 1. The Morgan fingerprint density at radius 3 is 2.53 bits per heavy atom. The SMILES string of the molecule is Cn1c(=O)c2c(nc(N3CCOCC3)n2CC(O)COc2ccccc2)n(C)c1=O. The van der Waals surface area contributed by atoms with Gasteiger partial charge in [0.2, 0.25) is 5.95 Å². The van der Waals surface area contributed by atoms with Gasteiger partial charge in [0, 0.05) is 27.2 Å². The summed E-state index contributed by atoms with van der Waals surface area (Å²) in [5, 5.41) is 10.7. The molecule has 0 bridgehead atoms. The van der Waals surface area contributed by atoms with E-state index in [1.807, 2.05) is 35.2 Å². The number of aliphatic hydroxyl groups excluding tert-OH is 1. The lowest BCUT2D eigenvalue weighted by Gasteiger charge is -2.28. The van der Waals surface area contributed by atoms with E-state index in [-0.39, 0.29) is 18.7 Å². The lowest BCUT2D eigenvalue weighted by Crippen LogP contribution is -2.39. The predicted octanol–water partition coefficient (Wildman–Crippen LogP) is -0.290. The molecule has 1 fully saturated rings. The summed E-state index contributed by atoms with van der Waals surface area (Å²) in [6, 6.07) is 9.21. The van der Waals surface area contributed by atoms with Crippen LogP contribution in [-0.2, 0) is 25.4 Å². The Labute approximate surface area is 172 Å². The van der Waals surface area contributed by atoms with Crippen molar-refractivity contribution in [2.24, 2.45) is 14.1 Å². The van der Waals surface area contributed by atoms with E-state index in [2.05, 4.69) is 4.98 Å². The van der Waals surface area contributed by atoms with Crippen LogP contribution in [0, 0.1) is 0 Å². The van der Waals surface area contributed by atoms with E-state index in [0.717, 1.165) is 4.57 Å². The molecule has 1 atom stereocenters. The summed E-state index contributed by atoms with van der Waals surface area (Å²) in [6.45, 7) is 2.45. The molecule has 10 heteroatoms. The zero-order chi connectivity index (χ0) is 21.3. The monoisotopic (exact) mass is 415 g/mol. The van der Waals surface area contributed by atoms with Crippen LogP contribution in [0.2, 0.25) is 0 Å². The number of para-hydroxylation sites is 1. The lowest BCUT2D eigenvalue weighted by molar-refractivity contribution is 0.0927. The van der Waals surface area contributed by atoms with Gasteiger partial charge in [-0.2, -0.15) is 4.98 Å². The van der Waals surface area contributed by atoms with E-state index in [1.54, 1.807) is 11.6 Å². The van der Waals surface area contributed by atoms with Crippen LogP contribution < -0.4 is 20.9 Å². The summed E-state index contributed by atoms with van der Waals surface area (Å²) in [7, 11) is 3.02. The molecule has 1 aliphatic heterocycles. The molecule has 30 heavy (non-hydrogen) atoms. The molecule has 10 nitrogen and oxygen atoms in total. The second kappa shape index (κ2) is 8.33. The van der Waals surface area contributed by atoms with E-state index < -0.39 is 17.4 Å². The zero-order valence-corrected chi connectivity index (χ0v) is 17.0. The van der Waals surface area contributed by atoms with Crippen molar-refractivity contribution in [3.63, 3.8) is 0 Å². The summed E-state index contributed by atoms with van der Waals surface area (Å²) in [5.74, 6) is 1.18. The topological polar surface area (TPSA) is 104 Å². The number of aliphatic hydroxyl groups is 1. The fraction of sp³-hybridized carbons (Fsp3) is 0.450. The van der Waals surface area contributed by atoms with Gasteiger partial charge in [0.25, 0.3) is 5.56 Å². The molecule has 1 aromatic carbocycles. The Morgan fingerprint density at radius 1 is 1.13 bits per heavy atom. The smallest absolute Gasteiger partial charge is 0.332 e. The van der Waals surface area contributed by atoms with Crippen LogP contribution in [-0.4, -0.2) is 62.8 Å². The molecule has 0 aliphatic carbocycles. The van der Waals surface area contributed by atoms with Crippen molar-refractivity contribution in [1.82, 2.24) is 18.7 Å². The first-order valence-electron chi connectivity index (χ1n) is 9.82. The molecule has 0 radical (unpaired) electrons. The first-order valence-corrected chi connectivity index (χ1v) is 9.82. The predicted molar refractivity (Wildman–Crippen MR) is 111 cm³/mol. The normalized spacial score (nSPS) is 15.5. The molecule has 1 N–H and O–H groups in total. The van der Waals surface area contributed by atoms with Crippen molar-refractivity contribution >= 4 is 17.1 Å². The molecule has 0 spiro atoms. The highest BCUT2D eigenvalue weighted by Crippen LogP contribution is 2.21. The maximum Gasteiger partial charge on any atom is 0.332 e. The van der Waals surface area contributed by atoms with E-state index in [4.69, 9.17) is 9.47 Å². The number of imidazole rings is 1. The number of hydrogen-bond donors (Lipinski definition) is 1. The minimum absolute atomic E-state index is 0.0539. The molecule has 2 aromatic heterocycles. The summed E-state index contributed by atoms with van der Waals surface area (Å²) in [6.07, 6.45) is -0.885. The van der Waals surface area contributed by atoms with Crippen LogP contribution in [0.3, 0.4) is 0 Å². The first-order chi connectivity index (χ1) is 14.5. The van der Waals surface area contributed by atoms with Gasteiger partial charge in [0.05, 0.1) is 19.8 Å². The fourth-order valence-corrected chi connectivity index (χ4v) is 3.59. The highest BCUT2D eigenvalue weighted by Gasteiger charge is 2.25. The van der Waals surface area contributed by atoms with Crippen molar-refractivity contribution in [1.29, 1.82) is 0 Å². The van der Waals surface area contributed by atoms with Crippen LogP contribution in [0.1, 0.15) is 0 Å². The average Bonchev–Trinajstić information content (AvgIpc) is 3.15. The van der Waals surface area contributed by atoms with Gasteiger partial charge in [-0.3, -0.25) is 13.9 Å². The number of benzene rings is 1. The standard InChI is InChI=1S/C20H25N5O5/c1-22-17-16(18(27)23(2)20(22)28)25(19(21-17)24-8-10-29-11-9-24)12-14(26)13-30-15-6-4-3-5-7-15/h3-7,14,26H,8-13H2,1-2H3. The molecule has 1 aliphatic rings. The van der Waals surface area contributed by atoms with E-state index in [0.29, 0.717) is 43.6 Å². The van der Waals surface area contributed by atoms with Gasteiger partial charge >= 0.3 is 5.69 Å². The Balaban J connectivity index is 1.72. The summed E-state index contributed by atoms with van der Waals surface area (Å²) >= 11 is 0. The highest BCUT2D eigenvalue weighted by atomic mass is 16.5. The van der Waals surface area contributed by atoms with Crippen molar-refractivity contribution in [2.45, 2.75) is 12.6 Å². The third-order valence-electron chi connectivity index (χ3n) is 5.20. The quantitative estimate of drug-likeness (QED) is 0.590. The van der Waals surface area contributed by atoms with E-state index in [1.165, 1.54) is 11.6 Å². The number of nitrogens with zero attached hydrogens (tertiary/aromatic N) is 5. The number of morpholine rings is 1. The van der Waals surface area contributed by atoms with Gasteiger partial charge in [-0.1, -0.05) is 18.2 Å². The molecular formula is C20H25N5O5. The van der Waals surface area contributed by atoms with Crippen molar-refractivity contribution in [3.05, 3.63) is 51.2 Å². The number of aryl methyl sites for hydroxylation is 1. The largest absolute Gasteiger partial charge is 0.491 e. The Kier molecular flexibility index (Phi) is 5.60. The van der Waals surface area contributed by atoms with Crippen LogP contribution >= 0.6 is 0 Å². The van der Waals surface area contributed by atoms with Gasteiger partial charge in [-0.15, -0.1) is 0 Å². The summed E-state index contributed by atoms with van der Waals surface area (Å²) in [4.78, 5) is 31.9. The van der Waals surface area contributed by atoms with Crippen LogP contribution in [0.4, 0.5) is 5.95 Å². The van der Waals surface area contributed by atoms with Gasteiger partial charge in [0.1, 0.15) is 18.5 Å². The molecule has 3 aromatic rings. The summed E-state index contributed by atoms with van der Waals surface area (Å²) in [5.41, 5.74) is -0.324. The molecule has 1 unspecified atom stereocenters. The Hall–Kier alpha value is -3.11.